The van der Waals surface area contributed by atoms with E-state index in [-0.39, 0.29) is 5.69 Å². The normalized spacial score (nSPS) is 14.4. The number of carbonyl (C=O) groups excluding carboxylic acids is 3. The topological polar surface area (TPSA) is 102 Å². The van der Waals surface area contributed by atoms with Gasteiger partial charge in [-0.2, -0.15) is 5.10 Å². The minimum Gasteiger partial charge on any atom is -0.448 e. The van der Waals surface area contributed by atoms with Crippen LogP contribution in [-0.2, 0) is 9.53 Å². The summed E-state index contributed by atoms with van der Waals surface area (Å²) in [5, 5.41) is 8.87. The lowest BCUT2D eigenvalue weighted by Crippen LogP contribution is -2.43. The van der Waals surface area contributed by atoms with Crippen LogP contribution in [-0.4, -0.2) is 40.8 Å². The highest BCUT2D eigenvalue weighted by Crippen LogP contribution is 2.39. The first kappa shape index (κ1) is 17.7. The van der Waals surface area contributed by atoms with E-state index in [0.29, 0.717) is 5.92 Å². The number of ether oxygens (including phenoxy) is 1. The zero-order chi connectivity index (χ0) is 18.7. The van der Waals surface area contributed by atoms with Crippen LogP contribution in [0.3, 0.4) is 0 Å². The van der Waals surface area contributed by atoms with Gasteiger partial charge in [0, 0.05) is 13.0 Å². The van der Waals surface area contributed by atoms with Crippen molar-refractivity contribution in [2.45, 2.75) is 31.8 Å². The molecule has 1 aromatic carbocycles. The maximum Gasteiger partial charge on any atom is 0.357 e. The van der Waals surface area contributed by atoms with Gasteiger partial charge in [-0.3, -0.25) is 10.1 Å². The van der Waals surface area contributed by atoms with Crippen molar-refractivity contribution in [3.63, 3.8) is 0 Å². The molecular weight excluding hydrogens is 336 g/mol. The third kappa shape index (κ3) is 3.90. The van der Waals surface area contributed by atoms with Crippen LogP contribution < -0.4 is 10.6 Å². The van der Waals surface area contributed by atoms with Crippen molar-refractivity contribution in [1.29, 1.82) is 0 Å². The molecule has 0 bridgehead atoms. The molecule has 1 aliphatic rings. The van der Waals surface area contributed by atoms with Crippen molar-refractivity contribution in [2.24, 2.45) is 0 Å². The Hall–Kier alpha value is -3.16. The Morgan fingerprint density at radius 1 is 1.23 bits per heavy atom. The van der Waals surface area contributed by atoms with Gasteiger partial charge in [0.1, 0.15) is 0 Å². The minimum absolute atomic E-state index is 0.248. The average molecular weight is 356 g/mol. The number of amides is 3. The highest BCUT2D eigenvalue weighted by atomic mass is 16.5. The SMILES string of the molecule is CNC(=O)NC(=O)[C@@H](C)OC(=O)c1cc(C2CC2)nn1-c1ccccc1. The summed E-state index contributed by atoms with van der Waals surface area (Å²) in [6.45, 7) is 1.40. The number of carbonyl (C=O) groups is 3. The van der Waals surface area contributed by atoms with Crippen molar-refractivity contribution >= 4 is 17.9 Å². The fraction of sp³-hybridized carbons (Fsp3) is 0.333. The Balaban J connectivity index is 1.80. The van der Waals surface area contributed by atoms with Gasteiger partial charge in [0.2, 0.25) is 0 Å². The molecule has 26 heavy (non-hydrogen) atoms. The molecule has 0 saturated heterocycles. The van der Waals surface area contributed by atoms with Gasteiger partial charge in [-0.25, -0.2) is 14.3 Å². The first-order valence-electron chi connectivity index (χ1n) is 8.38. The third-order valence-electron chi connectivity index (χ3n) is 4.05. The minimum atomic E-state index is -1.12. The number of esters is 1. The molecule has 3 amide bonds. The molecule has 1 aliphatic carbocycles. The second-order valence-electron chi connectivity index (χ2n) is 6.09. The van der Waals surface area contributed by atoms with Crippen LogP contribution in [0.5, 0.6) is 0 Å². The Kier molecular flexibility index (Phi) is 5.01. The predicted octanol–water partition coefficient (Wildman–Crippen LogP) is 1.75. The van der Waals surface area contributed by atoms with Crippen LogP contribution in [0.1, 0.15) is 41.9 Å². The quantitative estimate of drug-likeness (QED) is 0.795. The largest absolute Gasteiger partial charge is 0.448 e. The van der Waals surface area contributed by atoms with Gasteiger partial charge in [-0.15, -0.1) is 0 Å². The number of nitrogens with one attached hydrogen (secondary N) is 2. The molecule has 8 heteroatoms. The van der Waals surface area contributed by atoms with Crippen LogP contribution in [0.25, 0.3) is 5.69 Å². The molecule has 3 rings (SSSR count). The summed E-state index contributed by atoms with van der Waals surface area (Å²) in [4.78, 5) is 35.7. The van der Waals surface area contributed by atoms with Crippen LogP contribution >= 0.6 is 0 Å². The number of hydrogen-bond acceptors (Lipinski definition) is 5. The molecule has 1 saturated carbocycles. The summed E-state index contributed by atoms with van der Waals surface area (Å²) in [5.74, 6) is -1.01. The predicted molar refractivity (Wildman–Crippen MR) is 93.0 cm³/mol. The average Bonchev–Trinajstić information content (AvgIpc) is 3.40. The summed E-state index contributed by atoms with van der Waals surface area (Å²) < 4.78 is 6.75. The number of hydrogen-bond donors (Lipinski definition) is 2. The van der Waals surface area contributed by atoms with Gasteiger partial charge in [-0.05, 0) is 38.0 Å². The second kappa shape index (κ2) is 7.38. The Bertz CT molecular complexity index is 827. The van der Waals surface area contributed by atoms with Gasteiger partial charge in [-0.1, -0.05) is 18.2 Å². The second-order valence-corrected chi connectivity index (χ2v) is 6.09. The van der Waals surface area contributed by atoms with Crippen LogP contribution in [0, 0.1) is 0 Å². The lowest BCUT2D eigenvalue weighted by molar-refractivity contribution is -0.127. The summed E-state index contributed by atoms with van der Waals surface area (Å²) in [6.07, 6.45) is 0.972. The van der Waals surface area contributed by atoms with Gasteiger partial charge in [0.15, 0.2) is 11.8 Å². The van der Waals surface area contributed by atoms with Crippen molar-refractivity contribution in [2.75, 3.05) is 7.05 Å². The maximum atomic E-state index is 12.6. The molecule has 2 N–H and O–H groups in total. The third-order valence-corrected chi connectivity index (χ3v) is 4.05. The van der Waals surface area contributed by atoms with Gasteiger partial charge in [0.25, 0.3) is 5.91 Å². The van der Waals surface area contributed by atoms with Crippen molar-refractivity contribution in [3.05, 3.63) is 47.8 Å². The first-order chi connectivity index (χ1) is 12.5. The zero-order valence-corrected chi connectivity index (χ0v) is 14.6. The molecular formula is C18H20N4O4. The molecule has 0 unspecified atom stereocenters. The van der Waals surface area contributed by atoms with Crippen molar-refractivity contribution in [1.82, 2.24) is 20.4 Å². The van der Waals surface area contributed by atoms with Crippen LogP contribution in [0.4, 0.5) is 4.79 Å². The molecule has 1 fully saturated rings. The highest BCUT2D eigenvalue weighted by Gasteiger charge is 2.30. The van der Waals surface area contributed by atoms with E-state index in [2.05, 4.69) is 15.7 Å². The van der Waals surface area contributed by atoms with E-state index in [1.54, 1.807) is 6.07 Å². The summed E-state index contributed by atoms with van der Waals surface area (Å²) in [5.41, 5.74) is 1.81. The van der Waals surface area contributed by atoms with Crippen LogP contribution in [0.15, 0.2) is 36.4 Å². The van der Waals surface area contributed by atoms with E-state index in [9.17, 15) is 14.4 Å². The summed E-state index contributed by atoms with van der Waals surface area (Å²) >= 11 is 0. The molecule has 1 atom stereocenters. The number of urea groups is 1. The summed E-state index contributed by atoms with van der Waals surface area (Å²) in [6, 6.07) is 10.3. The Morgan fingerprint density at radius 3 is 2.54 bits per heavy atom. The lowest BCUT2D eigenvalue weighted by Gasteiger charge is -2.13. The smallest absolute Gasteiger partial charge is 0.357 e. The molecule has 0 aliphatic heterocycles. The van der Waals surface area contributed by atoms with Gasteiger partial charge in [0.05, 0.1) is 11.4 Å². The molecule has 1 aromatic heterocycles. The zero-order valence-electron chi connectivity index (χ0n) is 14.6. The molecule has 0 radical (unpaired) electrons. The fourth-order valence-electron chi connectivity index (χ4n) is 2.44. The standard InChI is InChI=1S/C18H20N4O4/c1-11(16(23)20-18(25)19-2)26-17(24)15-10-14(12-8-9-12)21-22(15)13-6-4-3-5-7-13/h3-7,10-12H,8-9H2,1-2H3,(H2,19,20,23,25)/t11-/m1/s1. The first-order valence-corrected chi connectivity index (χ1v) is 8.38. The molecule has 0 spiro atoms. The van der Waals surface area contributed by atoms with E-state index >= 15 is 0 Å². The molecule has 2 aromatic rings. The molecule has 8 nitrogen and oxygen atoms in total. The van der Waals surface area contributed by atoms with E-state index < -0.39 is 24.0 Å². The Labute approximate surface area is 150 Å². The number of nitrogens with zero attached hydrogens (tertiary/aromatic N) is 2. The highest BCUT2D eigenvalue weighted by molar-refractivity contribution is 5.98. The summed E-state index contributed by atoms with van der Waals surface area (Å²) in [7, 11) is 1.39. The van der Waals surface area contributed by atoms with Gasteiger partial charge >= 0.3 is 12.0 Å². The lowest BCUT2D eigenvalue weighted by atomic mass is 10.2. The Morgan fingerprint density at radius 2 is 1.92 bits per heavy atom. The van der Waals surface area contributed by atoms with Crippen LogP contribution in [0.2, 0.25) is 0 Å². The number of para-hydroxylation sites is 1. The molecule has 136 valence electrons. The maximum absolute atomic E-state index is 12.6. The number of imide groups is 1. The fourth-order valence-corrected chi connectivity index (χ4v) is 2.44. The van der Waals surface area contributed by atoms with E-state index in [1.807, 2.05) is 30.3 Å². The van der Waals surface area contributed by atoms with E-state index in [1.165, 1.54) is 18.7 Å². The van der Waals surface area contributed by atoms with E-state index in [4.69, 9.17) is 4.74 Å². The van der Waals surface area contributed by atoms with Crippen molar-refractivity contribution < 1.29 is 19.1 Å². The molecule has 1 heterocycles. The van der Waals surface area contributed by atoms with Crippen molar-refractivity contribution in [3.8, 4) is 5.69 Å². The number of benzene rings is 1. The monoisotopic (exact) mass is 356 g/mol. The van der Waals surface area contributed by atoms with E-state index in [0.717, 1.165) is 24.2 Å². The van der Waals surface area contributed by atoms with Gasteiger partial charge < -0.3 is 10.1 Å². The number of aromatic nitrogens is 2. The number of rotatable bonds is 5.